The minimum Gasteiger partial charge on any atom is -0.384 e. The summed E-state index contributed by atoms with van der Waals surface area (Å²) in [4.78, 5) is 0. The summed E-state index contributed by atoms with van der Waals surface area (Å²) < 4.78 is 0. The summed E-state index contributed by atoms with van der Waals surface area (Å²) in [5.41, 5.74) is 5.56. The van der Waals surface area contributed by atoms with Crippen LogP contribution in [0.25, 0.3) is 0 Å². The molecule has 0 spiro atoms. The normalized spacial score (nSPS) is 12.8. The van der Waals surface area contributed by atoms with E-state index in [9.17, 15) is 5.11 Å². The Morgan fingerprint density at radius 3 is 2.12 bits per heavy atom. The van der Waals surface area contributed by atoms with Crippen LogP contribution in [0.15, 0.2) is 29.0 Å². The largest absolute Gasteiger partial charge is 0.384 e. The van der Waals surface area contributed by atoms with Gasteiger partial charge in [-0.25, -0.2) is 0 Å². The van der Waals surface area contributed by atoms with Crippen LogP contribution in [0.1, 0.15) is 33.9 Å². The van der Waals surface area contributed by atoms with Crippen LogP contribution in [0.2, 0.25) is 0 Å². The molecule has 0 aliphatic carbocycles. The third-order valence-corrected chi connectivity index (χ3v) is 3.63. The van der Waals surface area contributed by atoms with E-state index in [-0.39, 0.29) is 0 Å². The molecule has 0 radical (unpaired) electrons. The fourth-order valence-corrected chi connectivity index (χ4v) is 2.87. The number of aliphatic hydroxyl groups is 1. The molecule has 0 saturated carbocycles. The molecule has 84 valence electrons. The molecule has 16 heavy (non-hydrogen) atoms. The standard InChI is InChI=1S/C14H16OS/c1-9-4-10(2)6-12(5-9)14(15)13-8-16-7-11(13)3/h4-8,14-15H,1-3H3. The van der Waals surface area contributed by atoms with Crippen molar-refractivity contribution in [3.8, 4) is 0 Å². The zero-order chi connectivity index (χ0) is 11.7. The summed E-state index contributed by atoms with van der Waals surface area (Å²) in [6.07, 6.45) is -0.496. The molecule has 0 saturated heterocycles. The Hall–Kier alpha value is -1.12. The monoisotopic (exact) mass is 232 g/mol. The smallest absolute Gasteiger partial charge is 0.105 e. The maximum Gasteiger partial charge on any atom is 0.105 e. The number of benzene rings is 1. The van der Waals surface area contributed by atoms with Gasteiger partial charge in [0.15, 0.2) is 0 Å². The van der Waals surface area contributed by atoms with E-state index in [1.54, 1.807) is 11.3 Å². The zero-order valence-electron chi connectivity index (χ0n) is 9.82. The van der Waals surface area contributed by atoms with Crippen LogP contribution in [-0.2, 0) is 0 Å². The number of thiophene rings is 1. The van der Waals surface area contributed by atoms with Crippen molar-refractivity contribution >= 4 is 11.3 Å². The van der Waals surface area contributed by atoms with E-state index in [0.717, 1.165) is 16.7 Å². The quantitative estimate of drug-likeness (QED) is 0.836. The molecule has 1 aromatic heterocycles. The van der Waals surface area contributed by atoms with Crippen molar-refractivity contribution in [1.29, 1.82) is 0 Å². The molecule has 1 N–H and O–H groups in total. The number of rotatable bonds is 2. The SMILES string of the molecule is Cc1cc(C)cc(C(O)c2cscc2C)c1. The van der Waals surface area contributed by atoms with Crippen LogP contribution in [0, 0.1) is 20.8 Å². The summed E-state index contributed by atoms with van der Waals surface area (Å²) in [6.45, 7) is 6.16. The highest BCUT2D eigenvalue weighted by atomic mass is 32.1. The lowest BCUT2D eigenvalue weighted by Gasteiger charge is -2.12. The molecular weight excluding hydrogens is 216 g/mol. The predicted octanol–water partition coefficient (Wildman–Crippen LogP) is 3.76. The lowest BCUT2D eigenvalue weighted by Crippen LogP contribution is -2.00. The van der Waals surface area contributed by atoms with Crippen molar-refractivity contribution in [2.24, 2.45) is 0 Å². The molecule has 0 amide bonds. The van der Waals surface area contributed by atoms with Crippen molar-refractivity contribution in [3.63, 3.8) is 0 Å². The first-order chi connectivity index (χ1) is 7.58. The molecule has 1 unspecified atom stereocenters. The van der Waals surface area contributed by atoms with Gasteiger partial charge in [0, 0.05) is 0 Å². The Morgan fingerprint density at radius 2 is 1.62 bits per heavy atom. The lowest BCUT2D eigenvalue weighted by atomic mass is 9.98. The molecule has 0 aliphatic heterocycles. The highest BCUT2D eigenvalue weighted by molar-refractivity contribution is 7.08. The Morgan fingerprint density at radius 1 is 1.00 bits per heavy atom. The minimum atomic E-state index is -0.496. The number of aliphatic hydroxyl groups excluding tert-OH is 1. The molecule has 2 rings (SSSR count). The van der Waals surface area contributed by atoms with E-state index < -0.39 is 6.10 Å². The van der Waals surface area contributed by atoms with E-state index in [4.69, 9.17) is 0 Å². The molecule has 2 heteroatoms. The van der Waals surface area contributed by atoms with Crippen molar-refractivity contribution in [3.05, 3.63) is 56.8 Å². The van der Waals surface area contributed by atoms with E-state index in [1.165, 1.54) is 11.1 Å². The van der Waals surface area contributed by atoms with Gasteiger partial charge in [0.25, 0.3) is 0 Å². The zero-order valence-corrected chi connectivity index (χ0v) is 10.6. The molecule has 1 aromatic carbocycles. The van der Waals surface area contributed by atoms with Crippen molar-refractivity contribution in [2.45, 2.75) is 26.9 Å². The van der Waals surface area contributed by atoms with Crippen molar-refractivity contribution < 1.29 is 5.11 Å². The van der Waals surface area contributed by atoms with E-state index in [1.807, 2.05) is 12.3 Å². The predicted molar refractivity (Wildman–Crippen MR) is 69.0 cm³/mol. The lowest BCUT2D eigenvalue weighted by molar-refractivity contribution is 0.220. The van der Waals surface area contributed by atoms with Gasteiger partial charge < -0.3 is 5.11 Å². The number of aryl methyl sites for hydroxylation is 3. The van der Waals surface area contributed by atoms with Crippen molar-refractivity contribution in [1.82, 2.24) is 0 Å². The maximum absolute atomic E-state index is 10.3. The molecule has 2 aromatic rings. The summed E-state index contributed by atoms with van der Waals surface area (Å²) in [6, 6.07) is 6.22. The number of hydrogen-bond acceptors (Lipinski definition) is 2. The second-order valence-corrected chi connectivity index (χ2v) is 5.08. The summed E-state index contributed by atoms with van der Waals surface area (Å²) in [7, 11) is 0. The van der Waals surface area contributed by atoms with Gasteiger partial charge in [-0.15, -0.1) is 0 Å². The summed E-state index contributed by atoms with van der Waals surface area (Å²) in [5, 5.41) is 14.4. The van der Waals surface area contributed by atoms with Crippen LogP contribution >= 0.6 is 11.3 Å². The van der Waals surface area contributed by atoms with Crippen LogP contribution in [0.3, 0.4) is 0 Å². The maximum atomic E-state index is 10.3. The Kier molecular flexibility index (Phi) is 3.13. The summed E-state index contributed by atoms with van der Waals surface area (Å²) in [5.74, 6) is 0. The average molecular weight is 232 g/mol. The third kappa shape index (κ3) is 2.18. The molecule has 0 aliphatic rings. The Labute approximate surface area is 100 Å². The van der Waals surface area contributed by atoms with Gasteiger partial charge in [-0.1, -0.05) is 29.3 Å². The molecule has 1 nitrogen and oxygen atoms in total. The number of hydrogen-bond donors (Lipinski definition) is 1. The van der Waals surface area contributed by atoms with Gasteiger partial charge in [-0.2, -0.15) is 11.3 Å². The van der Waals surface area contributed by atoms with Crippen LogP contribution in [0.5, 0.6) is 0 Å². The molecule has 0 bridgehead atoms. The molecular formula is C14H16OS. The second-order valence-electron chi connectivity index (χ2n) is 4.33. The fraction of sp³-hybridized carbons (Fsp3) is 0.286. The molecule has 1 heterocycles. The van der Waals surface area contributed by atoms with E-state index in [0.29, 0.717) is 0 Å². The Balaban J connectivity index is 2.41. The van der Waals surface area contributed by atoms with Crippen LogP contribution < -0.4 is 0 Å². The van der Waals surface area contributed by atoms with Gasteiger partial charge >= 0.3 is 0 Å². The van der Waals surface area contributed by atoms with Gasteiger partial charge in [-0.05, 0) is 48.2 Å². The van der Waals surface area contributed by atoms with Crippen LogP contribution in [-0.4, -0.2) is 5.11 Å². The molecule has 1 atom stereocenters. The first-order valence-corrected chi connectivity index (χ1v) is 6.31. The Bertz CT molecular complexity index is 479. The van der Waals surface area contributed by atoms with Gasteiger partial charge in [0.05, 0.1) is 0 Å². The van der Waals surface area contributed by atoms with E-state index >= 15 is 0 Å². The van der Waals surface area contributed by atoms with Crippen molar-refractivity contribution in [2.75, 3.05) is 0 Å². The van der Waals surface area contributed by atoms with Gasteiger partial charge in [-0.3, -0.25) is 0 Å². The second kappa shape index (κ2) is 4.40. The average Bonchev–Trinajstić information content (AvgIpc) is 2.62. The van der Waals surface area contributed by atoms with Gasteiger partial charge in [0.2, 0.25) is 0 Å². The summed E-state index contributed by atoms with van der Waals surface area (Å²) >= 11 is 1.64. The highest BCUT2D eigenvalue weighted by Crippen LogP contribution is 2.28. The minimum absolute atomic E-state index is 0.496. The van der Waals surface area contributed by atoms with Gasteiger partial charge in [0.1, 0.15) is 6.10 Å². The van der Waals surface area contributed by atoms with E-state index in [2.05, 4.69) is 37.4 Å². The molecule has 0 fully saturated rings. The third-order valence-electron chi connectivity index (χ3n) is 2.75. The first-order valence-electron chi connectivity index (χ1n) is 5.37. The van der Waals surface area contributed by atoms with Crippen LogP contribution in [0.4, 0.5) is 0 Å². The fourth-order valence-electron chi connectivity index (χ4n) is 2.00. The topological polar surface area (TPSA) is 20.2 Å². The first kappa shape index (κ1) is 11.4. The highest BCUT2D eigenvalue weighted by Gasteiger charge is 2.13.